The summed E-state index contributed by atoms with van der Waals surface area (Å²) in [6, 6.07) is 10.9. The van der Waals surface area contributed by atoms with Crippen molar-refractivity contribution in [1.82, 2.24) is 14.9 Å². The first-order valence-corrected chi connectivity index (χ1v) is 13.0. The monoisotopic (exact) mass is 526 g/mol. The maximum absolute atomic E-state index is 12.9. The molecule has 0 N–H and O–H groups in total. The van der Waals surface area contributed by atoms with Crippen LogP contribution in [0.15, 0.2) is 45.6 Å². The molecule has 0 spiro atoms. The Morgan fingerprint density at radius 1 is 1.14 bits per heavy atom. The summed E-state index contributed by atoms with van der Waals surface area (Å²) >= 11 is 7.65. The third-order valence-electron chi connectivity index (χ3n) is 6.03. The van der Waals surface area contributed by atoms with Crippen molar-refractivity contribution in [3.63, 3.8) is 0 Å². The van der Waals surface area contributed by atoms with Crippen LogP contribution in [-0.4, -0.2) is 51.7 Å². The van der Waals surface area contributed by atoms with Crippen molar-refractivity contribution in [3.05, 3.63) is 51.8 Å². The van der Waals surface area contributed by atoms with E-state index in [0.29, 0.717) is 45.4 Å². The van der Waals surface area contributed by atoms with E-state index < -0.39 is 11.2 Å². The number of hydrogen-bond donors (Lipinski definition) is 0. The molecule has 2 unspecified atom stereocenters. The van der Waals surface area contributed by atoms with Crippen LogP contribution in [0.1, 0.15) is 34.6 Å². The van der Waals surface area contributed by atoms with Gasteiger partial charge >= 0.3 is 11.7 Å². The van der Waals surface area contributed by atoms with Crippen LogP contribution in [0.25, 0.3) is 31.9 Å². The normalized spacial score (nSPS) is 18.7. The molecule has 1 amide bonds. The molecule has 5 rings (SSSR count). The second kappa shape index (κ2) is 9.05. The number of ether oxygens (including phenoxy) is 1. The Bertz CT molecular complexity index is 1510. The highest BCUT2D eigenvalue weighted by Crippen LogP contribution is 2.33. The molecule has 2 atom stereocenters. The van der Waals surface area contributed by atoms with Gasteiger partial charge in [-0.1, -0.05) is 17.7 Å². The highest BCUT2D eigenvalue weighted by atomic mass is 35.5. The molecule has 0 bridgehead atoms. The number of carbonyl (C=O) groups is 1. The summed E-state index contributed by atoms with van der Waals surface area (Å²) in [6.07, 6.45) is -0.316. The fourth-order valence-corrected chi connectivity index (χ4v) is 5.80. The molecule has 1 aliphatic heterocycles. The molecule has 3 aromatic heterocycles. The summed E-state index contributed by atoms with van der Waals surface area (Å²) in [5.74, 6) is 0.688. The number of nitrogens with zero attached hydrogens (tertiary/aromatic N) is 4. The fourth-order valence-electron chi connectivity index (χ4n) is 4.53. The molecule has 36 heavy (non-hydrogen) atoms. The van der Waals surface area contributed by atoms with Gasteiger partial charge in [0.15, 0.2) is 0 Å². The van der Waals surface area contributed by atoms with Crippen LogP contribution in [0.4, 0.5) is 10.6 Å². The van der Waals surface area contributed by atoms with E-state index in [0.717, 1.165) is 4.70 Å². The first kappa shape index (κ1) is 24.5. The van der Waals surface area contributed by atoms with Gasteiger partial charge in [-0.3, -0.25) is 4.90 Å². The minimum atomic E-state index is -0.554. The minimum Gasteiger partial charge on any atom is -0.444 e. The predicted molar refractivity (Wildman–Crippen MR) is 143 cm³/mol. The van der Waals surface area contributed by atoms with Crippen molar-refractivity contribution in [2.24, 2.45) is 0 Å². The zero-order chi connectivity index (χ0) is 25.8. The average molecular weight is 527 g/mol. The fraction of sp³-hybridized carbons (Fsp3) is 0.385. The summed E-state index contributed by atoms with van der Waals surface area (Å²) in [7, 11) is 0. The first-order chi connectivity index (χ1) is 17.0. The Morgan fingerprint density at radius 2 is 1.86 bits per heavy atom. The lowest BCUT2D eigenvalue weighted by Crippen LogP contribution is -2.59. The van der Waals surface area contributed by atoms with Crippen LogP contribution in [0.5, 0.6) is 0 Å². The van der Waals surface area contributed by atoms with Crippen LogP contribution in [0, 0.1) is 0 Å². The van der Waals surface area contributed by atoms with E-state index >= 15 is 0 Å². The zero-order valence-corrected chi connectivity index (χ0v) is 22.3. The predicted octanol–water partition coefficient (Wildman–Crippen LogP) is 5.95. The molecule has 4 aromatic rings. The second-order valence-corrected chi connectivity index (χ2v) is 11.5. The van der Waals surface area contributed by atoms with E-state index in [9.17, 15) is 9.59 Å². The molecule has 8 nitrogen and oxygen atoms in total. The Balaban J connectivity index is 1.42. The van der Waals surface area contributed by atoms with Crippen molar-refractivity contribution in [2.75, 3.05) is 18.0 Å². The Labute approximate surface area is 217 Å². The van der Waals surface area contributed by atoms with E-state index in [1.165, 1.54) is 11.3 Å². The van der Waals surface area contributed by atoms with Gasteiger partial charge in [-0.2, -0.15) is 4.98 Å². The number of rotatable bonds is 2. The number of hydrogen-bond acceptors (Lipinski definition) is 8. The van der Waals surface area contributed by atoms with E-state index in [-0.39, 0.29) is 23.9 Å². The Morgan fingerprint density at radius 3 is 2.53 bits per heavy atom. The van der Waals surface area contributed by atoms with Gasteiger partial charge in [0.1, 0.15) is 21.9 Å². The van der Waals surface area contributed by atoms with E-state index in [2.05, 4.69) is 14.9 Å². The standard InChI is InChI=1S/C26H27ClN4O4S/c1-14-12-30(13-15(2)31(14)25(33)35-26(3,4)5)20-10-9-16-11-17(24(32)34-22(16)28-20)23-29-21-18(27)7-6-8-19(21)36-23/h6-11,14-15H,12-13H2,1-5H3. The number of para-hydroxylation sites is 1. The molecule has 188 valence electrons. The van der Waals surface area contributed by atoms with Gasteiger partial charge < -0.3 is 14.1 Å². The van der Waals surface area contributed by atoms with Gasteiger partial charge in [0.2, 0.25) is 5.71 Å². The van der Waals surface area contributed by atoms with Crippen molar-refractivity contribution in [2.45, 2.75) is 52.3 Å². The summed E-state index contributed by atoms with van der Waals surface area (Å²) in [5.41, 5.74) is 0.249. The lowest BCUT2D eigenvalue weighted by Gasteiger charge is -2.44. The SMILES string of the molecule is CC1CN(c2ccc3cc(-c4nc5c(Cl)cccc5s4)c(=O)oc3n2)CC(C)N1C(=O)OC(C)(C)C. The van der Waals surface area contributed by atoms with Crippen LogP contribution < -0.4 is 10.5 Å². The summed E-state index contributed by atoms with van der Waals surface area (Å²) in [5, 5.41) is 1.80. The summed E-state index contributed by atoms with van der Waals surface area (Å²) in [4.78, 5) is 38.7. The highest BCUT2D eigenvalue weighted by molar-refractivity contribution is 7.21. The maximum Gasteiger partial charge on any atom is 0.410 e. The molecule has 0 saturated carbocycles. The van der Waals surface area contributed by atoms with Crippen molar-refractivity contribution in [1.29, 1.82) is 0 Å². The van der Waals surface area contributed by atoms with Crippen LogP contribution in [0.3, 0.4) is 0 Å². The molecule has 1 aromatic carbocycles. The van der Waals surface area contributed by atoms with Gasteiger partial charge in [-0.15, -0.1) is 11.3 Å². The summed E-state index contributed by atoms with van der Waals surface area (Å²) in [6.45, 7) is 10.7. The average Bonchev–Trinajstić information content (AvgIpc) is 3.22. The number of anilines is 1. The third kappa shape index (κ3) is 4.65. The molecule has 1 aliphatic rings. The number of aromatic nitrogens is 2. The third-order valence-corrected chi connectivity index (χ3v) is 7.39. The van der Waals surface area contributed by atoms with Gasteiger partial charge in [-0.05, 0) is 65.0 Å². The number of halogens is 1. The number of carbonyl (C=O) groups excluding carboxylic acids is 1. The summed E-state index contributed by atoms with van der Waals surface area (Å²) < 4.78 is 12.1. The maximum atomic E-state index is 12.9. The van der Waals surface area contributed by atoms with Gasteiger partial charge in [-0.25, -0.2) is 14.6 Å². The molecule has 0 radical (unpaired) electrons. The molecular weight excluding hydrogens is 500 g/mol. The molecular formula is C26H27ClN4O4S. The van der Waals surface area contributed by atoms with Crippen LogP contribution in [-0.2, 0) is 4.74 Å². The quantitative estimate of drug-likeness (QED) is 0.318. The second-order valence-electron chi connectivity index (χ2n) is 10.1. The van der Waals surface area contributed by atoms with Gasteiger partial charge in [0.05, 0.1) is 27.4 Å². The van der Waals surface area contributed by atoms with Crippen molar-refractivity contribution in [3.8, 4) is 10.6 Å². The molecule has 1 saturated heterocycles. The Hall–Kier alpha value is -3.17. The number of pyridine rings is 1. The molecule has 0 aliphatic carbocycles. The zero-order valence-electron chi connectivity index (χ0n) is 20.7. The van der Waals surface area contributed by atoms with E-state index in [1.807, 2.05) is 58.9 Å². The van der Waals surface area contributed by atoms with Crippen molar-refractivity contribution >= 4 is 56.2 Å². The number of piperazine rings is 1. The molecule has 4 heterocycles. The van der Waals surface area contributed by atoms with E-state index in [1.54, 1.807) is 17.0 Å². The lowest BCUT2D eigenvalue weighted by molar-refractivity contribution is 0.00560. The number of benzene rings is 1. The van der Waals surface area contributed by atoms with Crippen LogP contribution >= 0.6 is 22.9 Å². The first-order valence-electron chi connectivity index (χ1n) is 11.8. The van der Waals surface area contributed by atoms with E-state index in [4.69, 9.17) is 20.8 Å². The van der Waals surface area contributed by atoms with Crippen molar-refractivity contribution < 1.29 is 13.9 Å². The lowest BCUT2D eigenvalue weighted by atomic mass is 10.1. The molecule has 10 heteroatoms. The topological polar surface area (TPSA) is 88.8 Å². The largest absolute Gasteiger partial charge is 0.444 e. The highest BCUT2D eigenvalue weighted by Gasteiger charge is 2.36. The number of fused-ring (bicyclic) bond motifs is 2. The van der Waals surface area contributed by atoms with Gasteiger partial charge in [0, 0.05) is 18.5 Å². The molecule has 1 fully saturated rings. The number of amides is 1. The smallest absolute Gasteiger partial charge is 0.410 e. The Kier molecular flexibility index (Phi) is 6.16. The minimum absolute atomic E-state index is 0.0821. The number of thiazole rings is 1. The van der Waals surface area contributed by atoms with Crippen LogP contribution in [0.2, 0.25) is 5.02 Å². The van der Waals surface area contributed by atoms with Gasteiger partial charge in [0.25, 0.3) is 0 Å².